The van der Waals surface area contributed by atoms with Gasteiger partial charge in [-0.05, 0) is 31.9 Å². The van der Waals surface area contributed by atoms with Crippen LogP contribution in [0.4, 0.5) is 4.79 Å². The van der Waals surface area contributed by atoms with Crippen LogP contribution in [0, 0.1) is 0 Å². The minimum absolute atomic E-state index is 0. The molecule has 0 atom stereocenters. The molecule has 0 spiro atoms. The highest BCUT2D eigenvalue weighted by Crippen LogP contribution is 2.11. The Kier molecular flexibility index (Phi) is 9.19. The number of halogens is 1. The summed E-state index contributed by atoms with van der Waals surface area (Å²) in [5.74, 6) is -0.0514. The summed E-state index contributed by atoms with van der Waals surface area (Å²) in [4.78, 5) is 25.2. The van der Waals surface area contributed by atoms with Crippen LogP contribution < -0.4 is 23.0 Å². The SMILES string of the molecule is CCOC(=O)N1CCC(NCCNC(=O)c2ccccc2)CC1.[Cl-]. The molecular weight excluding hydrogens is 330 g/mol. The lowest BCUT2D eigenvalue weighted by Gasteiger charge is -2.31. The summed E-state index contributed by atoms with van der Waals surface area (Å²) in [5.41, 5.74) is 0.676. The van der Waals surface area contributed by atoms with Crippen LogP contribution in [0.5, 0.6) is 0 Å². The molecule has 0 aromatic heterocycles. The van der Waals surface area contributed by atoms with Crippen LogP contribution in [0.2, 0.25) is 0 Å². The quantitative estimate of drug-likeness (QED) is 0.619. The summed E-state index contributed by atoms with van der Waals surface area (Å²) < 4.78 is 5.00. The molecule has 1 aliphatic rings. The number of carbonyl (C=O) groups is 2. The molecule has 1 aromatic carbocycles. The van der Waals surface area contributed by atoms with Crippen molar-refractivity contribution in [2.75, 3.05) is 32.8 Å². The predicted molar refractivity (Wildman–Crippen MR) is 88.4 cm³/mol. The zero-order valence-electron chi connectivity index (χ0n) is 14.0. The van der Waals surface area contributed by atoms with Gasteiger partial charge in [0.2, 0.25) is 0 Å². The molecule has 24 heavy (non-hydrogen) atoms. The molecule has 2 amide bonds. The Labute approximate surface area is 149 Å². The minimum atomic E-state index is -0.221. The van der Waals surface area contributed by atoms with E-state index in [9.17, 15) is 9.59 Å². The number of piperidine rings is 1. The van der Waals surface area contributed by atoms with Gasteiger partial charge in [0.15, 0.2) is 0 Å². The van der Waals surface area contributed by atoms with Gasteiger partial charge in [0.05, 0.1) is 6.61 Å². The molecule has 2 N–H and O–H groups in total. The van der Waals surface area contributed by atoms with Gasteiger partial charge < -0.3 is 32.7 Å². The van der Waals surface area contributed by atoms with Gasteiger partial charge in [-0.15, -0.1) is 0 Å². The second kappa shape index (κ2) is 10.9. The molecule has 1 fully saturated rings. The van der Waals surface area contributed by atoms with Crippen LogP contribution in [0.3, 0.4) is 0 Å². The van der Waals surface area contributed by atoms with Gasteiger partial charge in [-0.2, -0.15) is 0 Å². The Morgan fingerprint density at radius 2 is 1.83 bits per heavy atom. The molecule has 1 saturated heterocycles. The van der Waals surface area contributed by atoms with E-state index < -0.39 is 0 Å². The Morgan fingerprint density at radius 1 is 1.17 bits per heavy atom. The summed E-state index contributed by atoms with van der Waals surface area (Å²) in [6.07, 6.45) is 1.60. The van der Waals surface area contributed by atoms with Crippen LogP contribution in [0.15, 0.2) is 30.3 Å². The van der Waals surface area contributed by atoms with Gasteiger partial charge in [0, 0.05) is 37.8 Å². The van der Waals surface area contributed by atoms with Gasteiger partial charge in [0.1, 0.15) is 0 Å². The fraction of sp³-hybridized carbons (Fsp3) is 0.529. The normalized spacial score (nSPS) is 14.6. The second-order valence-corrected chi connectivity index (χ2v) is 5.54. The highest BCUT2D eigenvalue weighted by Gasteiger charge is 2.22. The van der Waals surface area contributed by atoms with E-state index in [-0.39, 0.29) is 24.4 Å². The Morgan fingerprint density at radius 3 is 2.46 bits per heavy atom. The second-order valence-electron chi connectivity index (χ2n) is 5.54. The van der Waals surface area contributed by atoms with E-state index in [1.165, 1.54) is 0 Å². The lowest BCUT2D eigenvalue weighted by molar-refractivity contribution is -0.0000214. The molecule has 134 valence electrons. The molecule has 1 heterocycles. The summed E-state index contributed by atoms with van der Waals surface area (Å²) in [7, 11) is 0. The number of nitrogens with one attached hydrogen (secondary N) is 2. The maximum absolute atomic E-state index is 11.9. The lowest BCUT2D eigenvalue weighted by atomic mass is 10.1. The number of nitrogens with zero attached hydrogens (tertiary/aromatic N) is 1. The van der Waals surface area contributed by atoms with Crippen molar-refractivity contribution in [1.29, 1.82) is 0 Å². The maximum atomic E-state index is 11.9. The van der Waals surface area contributed by atoms with Crippen molar-refractivity contribution in [3.63, 3.8) is 0 Å². The van der Waals surface area contributed by atoms with Crippen LogP contribution in [0.25, 0.3) is 0 Å². The maximum Gasteiger partial charge on any atom is 0.409 e. The van der Waals surface area contributed by atoms with E-state index in [2.05, 4.69) is 10.6 Å². The van der Waals surface area contributed by atoms with Crippen molar-refractivity contribution in [3.05, 3.63) is 35.9 Å². The van der Waals surface area contributed by atoms with Crippen LogP contribution in [0.1, 0.15) is 30.1 Å². The number of ether oxygens (including phenoxy) is 1. The molecule has 6 nitrogen and oxygen atoms in total. The van der Waals surface area contributed by atoms with E-state index in [1.807, 2.05) is 25.1 Å². The first-order valence-corrected chi connectivity index (χ1v) is 8.19. The fourth-order valence-electron chi connectivity index (χ4n) is 2.62. The molecular formula is C17H25ClN3O3-. The molecule has 1 aromatic rings. The number of carbonyl (C=O) groups excluding carboxylic acids is 2. The summed E-state index contributed by atoms with van der Waals surface area (Å²) in [6.45, 7) is 4.97. The van der Waals surface area contributed by atoms with Crippen LogP contribution in [-0.4, -0.2) is 55.7 Å². The summed E-state index contributed by atoms with van der Waals surface area (Å²) >= 11 is 0. The largest absolute Gasteiger partial charge is 1.00 e. The molecule has 0 unspecified atom stereocenters. The first-order chi connectivity index (χ1) is 11.2. The summed E-state index contributed by atoms with van der Waals surface area (Å²) in [5, 5.41) is 6.32. The third-order valence-electron chi connectivity index (χ3n) is 3.90. The number of likely N-dealkylation sites (tertiary alicyclic amines) is 1. The average molecular weight is 355 g/mol. The van der Waals surface area contributed by atoms with E-state index >= 15 is 0 Å². The van der Waals surface area contributed by atoms with Crippen molar-refractivity contribution in [3.8, 4) is 0 Å². The Hall–Kier alpha value is -1.79. The Bertz CT molecular complexity index is 505. The van der Waals surface area contributed by atoms with Crippen LogP contribution in [-0.2, 0) is 4.74 Å². The molecule has 0 aliphatic carbocycles. The van der Waals surface area contributed by atoms with E-state index in [0.717, 1.165) is 19.4 Å². The van der Waals surface area contributed by atoms with Crippen molar-refractivity contribution in [2.24, 2.45) is 0 Å². The van der Waals surface area contributed by atoms with E-state index in [0.29, 0.717) is 37.8 Å². The first-order valence-electron chi connectivity index (χ1n) is 8.19. The van der Waals surface area contributed by atoms with Gasteiger partial charge in [-0.1, -0.05) is 18.2 Å². The number of benzene rings is 1. The number of hydrogen-bond donors (Lipinski definition) is 2. The van der Waals surface area contributed by atoms with Crippen LogP contribution >= 0.6 is 0 Å². The topological polar surface area (TPSA) is 70.7 Å². The van der Waals surface area contributed by atoms with Crippen molar-refractivity contribution in [1.82, 2.24) is 15.5 Å². The molecule has 0 saturated carbocycles. The molecule has 0 bridgehead atoms. The fourth-order valence-corrected chi connectivity index (χ4v) is 2.62. The van der Waals surface area contributed by atoms with E-state index in [1.54, 1.807) is 17.0 Å². The lowest BCUT2D eigenvalue weighted by Crippen LogP contribution is -3.00. The third-order valence-corrected chi connectivity index (χ3v) is 3.90. The first kappa shape index (κ1) is 20.3. The molecule has 2 rings (SSSR count). The zero-order valence-corrected chi connectivity index (χ0v) is 14.7. The average Bonchev–Trinajstić information content (AvgIpc) is 2.60. The Balaban J connectivity index is 0.00000288. The van der Waals surface area contributed by atoms with E-state index in [4.69, 9.17) is 4.74 Å². The van der Waals surface area contributed by atoms with Crippen molar-refractivity contribution in [2.45, 2.75) is 25.8 Å². The predicted octanol–water partition coefficient (Wildman–Crippen LogP) is -1.37. The number of amides is 2. The van der Waals surface area contributed by atoms with Gasteiger partial charge in [0.25, 0.3) is 5.91 Å². The highest BCUT2D eigenvalue weighted by molar-refractivity contribution is 5.94. The molecule has 7 heteroatoms. The van der Waals surface area contributed by atoms with Gasteiger partial charge in [-0.25, -0.2) is 4.79 Å². The number of hydrogen-bond acceptors (Lipinski definition) is 4. The monoisotopic (exact) mass is 354 g/mol. The number of rotatable bonds is 6. The molecule has 0 radical (unpaired) electrons. The third kappa shape index (κ3) is 6.37. The van der Waals surface area contributed by atoms with Crippen molar-refractivity contribution < 1.29 is 26.7 Å². The van der Waals surface area contributed by atoms with Gasteiger partial charge in [-0.3, -0.25) is 4.79 Å². The summed E-state index contributed by atoms with van der Waals surface area (Å²) in [6, 6.07) is 9.58. The zero-order chi connectivity index (χ0) is 16.5. The van der Waals surface area contributed by atoms with Crippen molar-refractivity contribution >= 4 is 12.0 Å². The standard InChI is InChI=1S/C17H25N3O3.ClH/c1-2-23-17(22)20-12-8-15(9-13-20)18-10-11-19-16(21)14-6-4-3-5-7-14;/h3-7,15,18H,2,8-13H2,1H3,(H,19,21);1H/p-1. The smallest absolute Gasteiger partial charge is 0.409 e. The van der Waals surface area contributed by atoms with Gasteiger partial charge >= 0.3 is 6.09 Å². The highest BCUT2D eigenvalue weighted by atomic mass is 35.5. The molecule has 1 aliphatic heterocycles. The minimum Gasteiger partial charge on any atom is -1.00 e.